The molecule has 2 unspecified atom stereocenters. The third-order valence-corrected chi connectivity index (χ3v) is 3.48. The number of nitrogens with two attached hydrogens (primary N) is 2. The SMILES string of the molecule is COCC(C)NC(N)=NCc1cccc(CN=C(N)NC(C)COC)c1.I. The molecule has 1 aromatic rings. The van der Waals surface area contributed by atoms with Crippen molar-refractivity contribution in [2.45, 2.75) is 39.0 Å². The van der Waals surface area contributed by atoms with Gasteiger partial charge in [-0.2, -0.15) is 0 Å². The standard InChI is InChI=1S/C18H32N6O2.HI/c1-13(11-25-3)23-17(19)21-9-15-6-5-7-16(8-15)10-22-18(20)24-14(2)12-26-4;/h5-8,13-14H,9-12H2,1-4H3,(H3,19,21,23)(H3,20,22,24);1H. The van der Waals surface area contributed by atoms with Crippen LogP contribution in [0.3, 0.4) is 0 Å². The summed E-state index contributed by atoms with van der Waals surface area (Å²) < 4.78 is 10.1. The number of rotatable bonds is 10. The quantitative estimate of drug-likeness (QED) is 0.221. The van der Waals surface area contributed by atoms with Gasteiger partial charge in [0.05, 0.1) is 26.3 Å². The van der Waals surface area contributed by atoms with E-state index in [1.165, 1.54) is 0 Å². The number of guanidine groups is 2. The molecular formula is C18H33IN6O2. The molecule has 0 aliphatic heterocycles. The van der Waals surface area contributed by atoms with Crippen LogP contribution in [0, 0.1) is 0 Å². The Balaban J connectivity index is 0.00000676. The number of nitrogens with one attached hydrogen (secondary N) is 2. The highest BCUT2D eigenvalue weighted by atomic mass is 127. The van der Waals surface area contributed by atoms with Gasteiger partial charge in [0.25, 0.3) is 0 Å². The lowest BCUT2D eigenvalue weighted by Gasteiger charge is -2.13. The number of methoxy groups -OCH3 is 2. The highest BCUT2D eigenvalue weighted by Crippen LogP contribution is 2.08. The van der Waals surface area contributed by atoms with Gasteiger partial charge in [-0.1, -0.05) is 24.3 Å². The summed E-state index contributed by atoms with van der Waals surface area (Å²) in [6.45, 7) is 6.10. The van der Waals surface area contributed by atoms with Gasteiger partial charge >= 0.3 is 0 Å². The molecule has 8 nitrogen and oxygen atoms in total. The van der Waals surface area contributed by atoms with E-state index in [-0.39, 0.29) is 36.1 Å². The summed E-state index contributed by atoms with van der Waals surface area (Å²) in [6, 6.07) is 8.26. The Morgan fingerprint density at radius 2 is 1.33 bits per heavy atom. The van der Waals surface area contributed by atoms with Crippen LogP contribution in [-0.2, 0) is 22.6 Å². The van der Waals surface area contributed by atoms with Gasteiger partial charge < -0.3 is 31.6 Å². The predicted octanol–water partition coefficient (Wildman–Crippen LogP) is 1.18. The Hall–Kier alpha value is -1.59. The van der Waals surface area contributed by atoms with Crippen LogP contribution in [0.2, 0.25) is 0 Å². The highest BCUT2D eigenvalue weighted by molar-refractivity contribution is 14.0. The summed E-state index contributed by atoms with van der Waals surface area (Å²) in [4.78, 5) is 8.71. The average molecular weight is 492 g/mol. The molecule has 0 aromatic heterocycles. The number of nitrogens with zero attached hydrogens (tertiary/aromatic N) is 2. The van der Waals surface area contributed by atoms with Gasteiger partial charge in [-0.05, 0) is 25.0 Å². The summed E-state index contributed by atoms with van der Waals surface area (Å²) in [6.07, 6.45) is 0. The van der Waals surface area contributed by atoms with Crippen LogP contribution in [0.1, 0.15) is 25.0 Å². The van der Waals surface area contributed by atoms with Gasteiger partial charge in [0, 0.05) is 26.3 Å². The van der Waals surface area contributed by atoms with Crippen LogP contribution in [0.5, 0.6) is 0 Å². The molecule has 27 heavy (non-hydrogen) atoms. The van der Waals surface area contributed by atoms with Gasteiger partial charge in [-0.25, -0.2) is 9.98 Å². The second-order valence-electron chi connectivity index (χ2n) is 6.22. The molecule has 0 radical (unpaired) electrons. The fourth-order valence-electron chi connectivity index (χ4n) is 2.36. The Kier molecular flexibility index (Phi) is 13.6. The lowest BCUT2D eigenvalue weighted by molar-refractivity contribution is 0.179. The fraction of sp³-hybridized carbons (Fsp3) is 0.556. The molecule has 0 aliphatic rings. The number of hydrogen-bond acceptors (Lipinski definition) is 4. The zero-order chi connectivity index (χ0) is 19.4. The van der Waals surface area contributed by atoms with E-state index in [9.17, 15) is 0 Å². The zero-order valence-electron chi connectivity index (χ0n) is 16.6. The fourth-order valence-corrected chi connectivity index (χ4v) is 2.36. The first kappa shape index (κ1) is 25.4. The van der Waals surface area contributed by atoms with Gasteiger partial charge in [0.1, 0.15) is 0 Å². The summed E-state index contributed by atoms with van der Waals surface area (Å²) >= 11 is 0. The minimum Gasteiger partial charge on any atom is -0.383 e. The van der Waals surface area contributed by atoms with E-state index in [2.05, 4.69) is 20.6 Å². The van der Waals surface area contributed by atoms with Crippen molar-refractivity contribution in [3.8, 4) is 0 Å². The number of benzene rings is 1. The Bertz CT molecular complexity index is 550. The largest absolute Gasteiger partial charge is 0.383 e. The van der Waals surface area contributed by atoms with Crippen molar-refractivity contribution < 1.29 is 9.47 Å². The maximum absolute atomic E-state index is 5.89. The Morgan fingerprint density at radius 3 is 1.70 bits per heavy atom. The molecule has 0 saturated carbocycles. The smallest absolute Gasteiger partial charge is 0.189 e. The van der Waals surface area contributed by atoms with E-state index in [1.807, 2.05) is 38.1 Å². The van der Waals surface area contributed by atoms with Gasteiger partial charge in [-0.3, -0.25) is 0 Å². The van der Waals surface area contributed by atoms with Crippen molar-refractivity contribution in [1.82, 2.24) is 10.6 Å². The van der Waals surface area contributed by atoms with Crippen molar-refractivity contribution in [2.24, 2.45) is 21.5 Å². The van der Waals surface area contributed by atoms with E-state index in [0.717, 1.165) is 11.1 Å². The van der Waals surface area contributed by atoms with Crippen molar-refractivity contribution in [1.29, 1.82) is 0 Å². The number of halogens is 1. The lowest BCUT2D eigenvalue weighted by atomic mass is 10.1. The average Bonchev–Trinajstić information content (AvgIpc) is 2.59. The number of aliphatic imine (C=N–C) groups is 2. The lowest BCUT2D eigenvalue weighted by Crippen LogP contribution is -2.40. The Labute approximate surface area is 179 Å². The van der Waals surface area contributed by atoms with E-state index in [4.69, 9.17) is 20.9 Å². The predicted molar refractivity (Wildman–Crippen MR) is 121 cm³/mol. The third-order valence-electron chi connectivity index (χ3n) is 3.48. The monoisotopic (exact) mass is 492 g/mol. The molecule has 2 atom stereocenters. The summed E-state index contributed by atoms with van der Waals surface area (Å²) in [5.74, 6) is 0.803. The van der Waals surface area contributed by atoms with E-state index in [0.29, 0.717) is 38.2 Å². The molecule has 0 amide bonds. The first-order valence-corrected chi connectivity index (χ1v) is 8.63. The van der Waals surface area contributed by atoms with Crippen molar-refractivity contribution in [3.05, 3.63) is 35.4 Å². The van der Waals surface area contributed by atoms with Crippen LogP contribution < -0.4 is 22.1 Å². The zero-order valence-corrected chi connectivity index (χ0v) is 18.9. The van der Waals surface area contributed by atoms with Gasteiger partial charge in [-0.15, -0.1) is 24.0 Å². The molecule has 154 valence electrons. The minimum atomic E-state index is 0. The molecule has 0 spiro atoms. The van der Waals surface area contributed by atoms with Crippen molar-refractivity contribution in [2.75, 3.05) is 27.4 Å². The van der Waals surface area contributed by atoms with Crippen molar-refractivity contribution in [3.63, 3.8) is 0 Å². The number of ether oxygens (including phenoxy) is 2. The van der Waals surface area contributed by atoms with E-state index >= 15 is 0 Å². The van der Waals surface area contributed by atoms with Crippen LogP contribution in [0.25, 0.3) is 0 Å². The first-order chi connectivity index (χ1) is 12.4. The Morgan fingerprint density at radius 1 is 0.926 bits per heavy atom. The molecule has 1 rings (SSSR count). The second-order valence-corrected chi connectivity index (χ2v) is 6.22. The van der Waals surface area contributed by atoms with Crippen LogP contribution in [0.15, 0.2) is 34.3 Å². The molecule has 0 heterocycles. The summed E-state index contributed by atoms with van der Waals surface area (Å²) in [7, 11) is 3.31. The normalized spacial score (nSPS) is 14.2. The maximum Gasteiger partial charge on any atom is 0.189 e. The summed E-state index contributed by atoms with van der Waals surface area (Å²) in [5.41, 5.74) is 13.9. The molecule has 0 aliphatic carbocycles. The molecule has 6 N–H and O–H groups in total. The molecule has 0 fully saturated rings. The van der Waals surface area contributed by atoms with Crippen LogP contribution in [-0.4, -0.2) is 51.4 Å². The van der Waals surface area contributed by atoms with E-state index < -0.39 is 0 Å². The van der Waals surface area contributed by atoms with Crippen LogP contribution >= 0.6 is 24.0 Å². The third kappa shape index (κ3) is 11.7. The molecule has 1 aromatic carbocycles. The number of hydrogen-bond donors (Lipinski definition) is 4. The second kappa shape index (κ2) is 14.5. The summed E-state index contributed by atoms with van der Waals surface area (Å²) in [5, 5.41) is 6.16. The van der Waals surface area contributed by atoms with Gasteiger partial charge in [0.15, 0.2) is 11.9 Å². The van der Waals surface area contributed by atoms with Gasteiger partial charge in [0.2, 0.25) is 0 Å². The van der Waals surface area contributed by atoms with Crippen LogP contribution in [0.4, 0.5) is 0 Å². The maximum atomic E-state index is 5.89. The first-order valence-electron chi connectivity index (χ1n) is 8.63. The van der Waals surface area contributed by atoms with E-state index in [1.54, 1.807) is 14.2 Å². The minimum absolute atomic E-state index is 0. The molecular weight excluding hydrogens is 459 g/mol. The molecule has 0 saturated heterocycles. The van der Waals surface area contributed by atoms with Crippen molar-refractivity contribution >= 4 is 35.9 Å². The molecule has 0 bridgehead atoms. The topological polar surface area (TPSA) is 119 Å². The molecule has 9 heteroatoms. The highest BCUT2D eigenvalue weighted by Gasteiger charge is 2.03.